The molecule has 0 unspecified atom stereocenters. The summed E-state index contributed by atoms with van der Waals surface area (Å²) < 4.78 is 0.915. The number of rotatable bonds is 3. The SMILES string of the molecule is O=C1CN(c2ccc(NC(=O)c3ccccc3I)cc2)CCN1. The Bertz CT molecular complexity index is 731. The van der Waals surface area contributed by atoms with Crippen molar-refractivity contribution in [3.63, 3.8) is 0 Å². The molecule has 0 aliphatic carbocycles. The van der Waals surface area contributed by atoms with E-state index in [1.54, 1.807) is 6.07 Å². The topological polar surface area (TPSA) is 61.4 Å². The maximum absolute atomic E-state index is 12.3. The van der Waals surface area contributed by atoms with Crippen LogP contribution in [0.4, 0.5) is 11.4 Å². The molecule has 0 aromatic heterocycles. The van der Waals surface area contributed by atoms with Crippen LogP contribution >= 0.6 is 22.6 Å². The first-order valence-electron chi connectivity index (χ1n) is 7.31. The van der Waals surface area contributed by atoms with Gasteiger partial charge in [-0.3, -0.25) is 9.59 Å². The Morgan fingerprint density at radius 2 is 1.87 bits per heavy atom. The van der Waals surface area contributed by atoms with Gasteiger partial charge in [0.2, 0.25) is 5.91 Å². The van der Waals surface area contributed by atoms with E-state index in [1.807, 2.05) is 47.4 Å². The fourth-order valence-electron chi connectivity index (χ4n) is 2.46. The lowest BCUT2D eigenvalue weighted by atomic mass is 10.2. The highest BCUT2D eigenvalue weighted by Gasteiger charge is 2.16. The van der Waals surface area contributed by atoms with Gasteiger partial charge in [0, 0.05) is 28.0 Å². The van der Waals surface area contributed by atoms with E-state index in [0.717, 1.165) is 21.5 Å². The molecule has 5 nitrogen and oxygen atoms in total. The van der Waals surface area contributed by atoms with E-state index < -0.39 is 0 Å². The van der Waals surface area contributed by atoms with Gasteiger partial charge in [0.25, 0.3) is 5.91 Å². The van der Waals surface area contributed by atoms with Crippen molar-refractivity contribution in [1.82, 2.24) is 5.32 Å². The summed E-state index contributed by atoms with van der Waals surface area (Å²) >= 11 is 2.15. The number of benzene rings is 2. The fraction of sp³-hybridized carbons (Fsp3) is 0.176. The molecule has 0 atom stereocenters. The Morgan fingerprint density at radius 1 is 1.13 bits per heavy atom. The molecule has 1 saturated heterocycles. The second-order valence-corrected chi connectivity index (χ2v) is 6.41. The van der Waals surface area contributed by atoms with Crippen LogP contribution in [0.3, 0.4) is 0 Å². The Balaban J connectivity index is 1.69. The molecule has 1 aliphatic heterocycles. The van der Waals surface area contributed by atoms with Crippen molar-refractivity contribution in [1.29, 1.82) is 0 Å². The van der Waals surface area contributed by atoms with Gasteiger partial charge in [-0.1, -0.05) is 12.1 Å². The molecular formula is C17H16IN3O2. The second-order valence-electron chi connectivity index (χ2n) is 5.25. The molecule has 1 fully saturated rings. The minimum Gasteiger partial charge on any atom is -0.360 e. The monoisotopic (exact) mass is 421 g/mol. The molecule has 6 heteroatoms. The molecule has 2 aromatic rings. The van der Waals surface area contributed by atoms with Crippen LogP contribution in [0.25, 0.3) is 0 Å². The summed E-state index contributed by atoms with van der Waals surface area (Å²) in [5, 5.41) is 5.70. The largest absolute Gasteiger partial charge is 0.360 e. The van der Waals surface area contributed by atoms with E-state index in [9.17, 15) is 9.59 Å². The van der Waals surface area contributed by atoms with Gasteiger partial charge in [-0.05, 0) is 59.0 Å². The van der Waals surface area contributed by atoms with E-state index in [4.69, 9.17) is 0 Å². The van der Waals surface area contributed by atoms with Gasteiger partial charge in [-0.15, -0.1) is 0 Å². The molecule has 2 aromatic carbocycles. The summed E-state index contributed by atoms with van der Waals surface area (Å²) in [5.41, 5.74) is 2.37. The predicted octanol–water partition coefficient (Wildman–Crippen LogP) is 2.48. The Kier molecular flexibility index (Phi) is 4.80. The molecule has 2 N–H and O–H groups in total. The standard InChI is InChI=1S/C17H16IN3O2/c18-15-4-2-1-3-14(15)17(23)20-12-5-7-13(8-6-12)21-10-9-19-16(22)11-21/h1-8H,9-11H2,(H,19,22)(H,20,23). The van der Waals surface area contributed by atoms with E-state index >= 15 is 0 Å². The quantitative estimate of drug-likeness (QED) is 0.749. The zero-order valence-electron chi connectivity index (χ0n) is 12.4. The smallest absolute Gasteiger partial charge is 0.256 e. The van der Waals surface area contributed by atoms with Crippen LogP contribution < -0.4 is 15.5 Å². The van der Waals surface area contributed by atoms with Crippen LogP contribution in [0.1, 0.15) is 10.4 Å². The minimum atomic E-state index is -0.125. The maximum atomic E-state index is 12.3. The van der Waals surface area contributed by atoms with E-state index in [-0.39, 0.29) is 11.8 Å². The predicted molar refractivity (Wildman–Crippen MR) is 98.8 cm³/mol. The second kappa shape index (κ2) is 6.99. The highest BCUT2D eigenvalue weighted by Crippen LogP contribution is 2.20. The van der Waals surface area contributed by atoms with Gasteiger partial charge >= 0.3 is 0 Å². The third-order valence-electron chi connectivity index (χ3n) is 3.65. The molecule has 3 rings (SSSR count). The highest BCUT2D eigenvalue weighted by molar-refractivity contribution is 14.1. The van der Waals surface area contributed by atoms with Crippen molar-refractivity contribution in [2.75, 3.05) is 29.9 Å². The maximum Gasteiger partial charge on any atom is 0.256 e. The lowest BCUT2D eigenvalue weighted by molar-refractivity contribution is -0.120. The van der Waals surface area contributed by atoms with Crippen molar-refractivity contribution in [3.8, 4) is 0 Å². The zero-order chi connectivity index (χ0) is 16.2. The molecule has 23 heavy (non-hydrogen) atoms. The lowest BCUT2D eigenvalue weighted by Gasteiger charge is -2.28. The third kappa shape index (κ3) is 3.82. The summed E-state index contributed by atoms with van der Waals surface area (Å²) in [6.45, 7) is 1.82. The van der Waals surface area contributed by atoms with Crippen LogP contribution in [0.5, 0.6) is 0 Å². The molecule has 1 heterocycles. The number of amides is 2. The molecule has 0 radical (unpaired) electrons. The average molecular weight is 421 g/mol. The number of nitrogens with one attached hydrogen (secondary N) is 2. The van der Waals surface area contributed by atoms with Crippen molar-refractivity contribution in [3.05, 3.63) is 57.7 Å². The summed E-state index contributed by atoms with van der Waals surface area (Å²) in [6, 6.07) is 15.0. The van der Waals surface area contributed by atoms with Crippen molar-refractivity contribution in [2.45, 2.75) is 0 Å². The molecule has 2 amide bonds. The van der Waals surface area contributed by atoms with Gasteiger partial charge in [0.1, 0.15) is 0 Å². The van der Waals surface area contributed by atoms with Gasteiger partial charge in [-0.25, -0.2) is 0 Å². The van der Waals surface area contributed by atoms with Gasteiger partial charge < -0.3 is 15.5 Å². The van der Waals surface area contributed by atoms with Crippen LogP contribution in [-0.2, 0) is 4.79 Å². The van der Waals surface area contributed by atoms with Crippen molar-refractivity contribution >= 4 is 45.8 Å². The minimum absolute atomic E-state index is 0.0345. The van der Waals surface area contributed by atoms with E-state index in [0.29, 0.717) is 18.7 Å². The average Bonchev–Trinajstić information content (AvgIpc) is 2.56. The first-order valence-corrected chi connectivity index (χ1v) is 8.39. The van der Waals surface area contributed by atoms with Crippen molar-refractivity contribution < 1.29 is 9.59 Å². The summed E-state index contributed by atoms with van der Waals surface area (Å²) in [4.78, 5) is 25.7. The van der Waals surface area contributed by atoms with E-state index in [2.05, 4.69) is 33.2 Å². The van der Waals surface area contributed by atoms with Crippen molar-refractivity contribution in [2.24, 2.45) is 0 Å². The number of hydrogen-bond acceptors (Lipinski definition) is 3. The number of carbonyl (C=O) groups excluding carboxylic acids is 2. The van der Waals surface area contributed by atoms with Gasteiger partial charge in [0.15, 0.2) is 0 Å². The summed E-state index contributed by atoms with van der Waals surface area (Å²) in [5.74, 6) is -0.0904. The number of nitrogens with zero attached hydrogens (tertiary/aromatic N) is 1. The normalized spacial score (nSPS) is 14.3. The highest BCUT2D eigenvalue weighted by atomic mass is 127. The molecular weight excluding hydrogens is 405 g/mol. The van der Waals surface area contributed by atoms with Crippen LogP contribution in [0, 0.1) is 3.57 Å². The number of halogens is 1. The molecule has 0 spiro atoms. The molecule has 118 valence electrons. The number of carbonyl (C=O) groups is 2. The number of hydrogen-bond donors (Lipinski definition) is 2. The Morgan fingerprint density at radius 3 is 2.57 bits per heavy atom. The molecule has 0 bridgehead atoms. The van der Waals surface area contributed by atoms with E-state index in [1.165, 1.54) is 0 Å². The summed E-state index contributed by atoms with van der Waals surface area (Å²) in [6.07, 6.45) is 0. The Labute approximate surface area is 148 Å². The first kappa shape index (κ1) is 15.8. The molecule has 1 aliphatic rings. The zero-order valence-corrected chi connectivity index (χ0v) is 14.5. The lowest BCUT2D eigenvalue weighted by Crippen LogP contribution is -2.47. The number of anilines is 2. The van der Waals surface area contributed by atoms with Gasteiger partial charge in [-0.2, -0.15) is 0 Å². The van der Waals surface area contributed by atoms with Crippen LogP contribution in [-0.4, -0.2) is 31.4 Å². The van der Waals surface area contributed by atoms with Crippen LogP contribution in [0.15, 0.2) is 48.5 Å². The fourth-order valence-corrected chi connectivity index (χ4v) is 3.09. The molecule has 0 saturated carbocycles. The third-order valence-corrected chi connectivity index (χ3v) is 4.59. The van der Waals surface area contributed by atoms with Gasteiger partial charge in [0.05, 0.1) is 12.1 Å². The Hall–Kier alpha value is -2.09. The number of piperazine rings is 1. The van der Waals surface area contributed by atoms with Crippen LogP contribution in [0.2, 0.25) is 0 Å². The first-order chi connectivity index (χ1) is 11.1. The summed E-state index contributed by atoms with van der Waals surface area (Å²) in [7, 11) is 0.